The summed E-state index contributed by atoms with van der Waals surface area (Å²) < 4.78 is 12.1. The summed E-state index contributed by atoms with van der Waals surface area (Å²) in [6, 6.07) is 20.6. The van der Waals surface area contributed by atoms with E-state index in [1.165, 1.54) is 16.3 Å². The molecule has 5 heteroatoms. The van der Waals surface area contributed by atoms with Gasteiger partial charge in [0.25, 0.3) is 0 Å². The third kappa shape index (κ3) is 4.46. The van der Waals surface area contributed by atoms with Gasteiger partial charge in [0.1, 0.15) is 11.5 Å². The summed E-state index contributed by atoms with van der Waals surface area (Å²) in [5, 5.41) is 2.80. The van der Waals surface area contributed by atoms with E-state index in [1.54, 1.807) is 0 Å². The molecule has 0 unspecified atom stereocenters. The van der Waals surface area contributed by atoms with Gasteiger partial charge >= 0.3 is 0 Å². The van der Waals surface area contributed by atoms with E-state index in [1.807, 2.05) is 35.2 Å². The predicted octanol–water partition coefficient (Wildman–Crippen LogP) is 5.07. The Labute approximate surface area is 177 Å². The fourth-order valence-electron chi connectivity index (χ4n) is 3.83. The Morgan fingerprint density at radius 2 is 1.55 bits per heavy atom. The zero-order chi connectivity index (χ0) is 20.1. The number of benzene rings is 3. The molecular weight excluding hydrogens is 380 g/mol. The Bertz CT molecular complexity index is 1000. The Morgan fingerprint density at radius 3 is 2.38 bits per heavy atom. The predicted molar refractivity (Wildman–Crippen MR) is 123 cm³/mol. The number of fused-ring (bicyclic) bond motifs is 2. The number of unbranched alkanes of at least 4 members (excludes halogenated alkanes) is 2. The largest absolute Gasteiger partial charge is 0.493 e. The summed E-state index contributed by atoms with van der Waals surface area (Å²) in [6.45, 7) is 2.26. The van der Waals surface area contributed by atoms with Crippen molar-refractivity contribution in [3.63, 3.8) is 0 Å². The molecule has 29 heavy (non-hydrogen) atoms. The summed E-state index contributed by atoms with van der Waals surface area (Å²) in [5.74, 6) is 1.91. The van der Waals surface area contributed by atoms with Crippen LogP contribution in [0.1, 0.15) is 24.8 Å². The van der Waals surface area contributed by atoms with Crippen molar-refractivity contribution in [3.8, 4) is 11.5 Å². The van der Waals surface area contributed by atoms with Gasteiger partial charge in [-0.25, -0.2) is 0 Å². The van der Waals surface area contributed by atoms with E-state index in [2.05, 4.69) is 30.3 Å². The van der Waals surface area contributed by atoms with Crippen molar-refractivity contribution in [3.05, 3.63) is 66.2 Å². The standard InChI is InChI=1S/C24H26N2O2S/c25-24(29)26-15-14-20-21(26)11-7-13-23(20)28-17-5-1-4-16-27-22-12-6-9-18-8-2-3-10-19(18)22/h2-3,6-13H,1,4-5,14-17H2,(H2,25,29). The van der Waals surface area contributed by atoms with E-state index in [-0.39, 0.29) is 0 Å². The molecular formula is C24H26N2O2S. The van der Waals surface area contributed by atoms with Crippen molar-refractivity contribution < 1.29 is 9.47 Å². The molecule has 4 rings (SSSR count). The maximum absolute atomic E-state index is 6.05. The smallest absolute Gasteiger partial charge is 0.170 e. The van der Waals surface area contributed by atoms with Crippen molar-refractivity contribution >= 4 is 33.8 Å². The number of anilines is 1. The van der Waals surface area contributed by atoms with E-state index < -0.39 is 0 Å². The van der Waals surface area contributed by atoms with Crippen molar-refractivity contribution in [2.24, 2.45) is 5.73 Å². The van der Waals surface area contributed by atoms with Gasteiger partial charge in [-0.3, -0.25) is 0 Å². The second kappa shape index (κ2) is 9.14. The van der Waals surface area contributed by atoms with Crippen LogP contribution in [0, 0.1) is 0 Å². The number of nitrogens with two attached hydrogens (primary N) is 1. The second-order valence-electron chi connectivity index (χ2n) is 7.23. The highest BCUT2D eigenvalue weighted by atomic mass is 32.1. The lowest BCUT2D eigenvalue weighted by atomic mass is 10.1. The van der Waals surface area contributed by atoms with Crippen molar-refractivity contribution in [2.75, 3.05) is 24.7 Å². The summed E-state index contributed by atoms with van der Waals surface area (Å²) in [4.78, 5) is 1.97. The number of hydrogen-bond acceptors (Lipinski definition) is 3. The topological polar surface area (TPSA) is 47.7 Å². The van der Waals surface area contributed by atoms with Gasteiger partial charge in [-0.2, -0.15) is 0 Å². The van der Waals surface area contributed by atoms with Gasteiger partial charge < -0.3 is 20.1 Å². The molecule has 1 aliphatic rings. The number of thiocarbonyl (C=S) groups is 1. The van der Waals surface area contributed by atoms with Crippen LogP contribution in [-0.2, 0) is 6.42 Å². The molecule has 0 atom stereocenters. The number of nitrogens with zero attached hydrogens (tertiary/aromatic N) is 1. The summed E-state index contributed by atoms with van der Waals surface area (Å²) in [5.41, 5.74) is 8.10. The van der Waals surface area contributed by atoms with Gasteiger partial charge in [-0.1, -0.05) is 42.5 Å². The number of hydrogen-bond donors (Lipinski definition) is 1. The normalized spacial score (nSPS) is 12.8. The molecule has 2 N–H and O–H groups in total. The molecule has 0 saturated heterocycles. The molecule has 1 aliphatic heterocycles. The first-order chi connectivity index (χ1) is 14.2. The highest BCUT2D eigenvalue weighted by Gasteiger charge is 2.23. The Kier molecular flexibility index (Phi) is 6.15. The molecule has 0 spiro atoms. The van der Waals surface area contributed by atoms with Crippen LogP contribution in [0.15, 0.2) is 60.7 Å². The SMILES string of the molecule is NC(=S)N1CCc2c(OCCCCCOc3cccc4ccccc34)cccc21. The van der Waals surface area contributed by atoms with Crippen LogP contribution in [0.5, 0.6) is 11.5 Å². The average Bonchev–Trinajstić information content (AvgIpc) is 3.18. The monoisotopic (exact) mass is 406 g/mol. The van der Waals surface area contributed by atoms with Crippen LogP contribution in [0.4, 0.5) is 5.69 Å². The lowest BCUT2D eigenvalue weighted by Crippen LogP contribution is -2.33. The van der Waals surface area contributed by atoms with E-state index >= 15 is 0 Å². The van der Waals surface area contributed by atoms with E-state index in [0.29, 0.717) is 11.7 Å². The first-order valence-electron chi connectivity index (χ1n) is 10.2. The van der Waals surface area contributed by atoms with Crippen LogP contribution in [-0.4, -0.2) is 24.9 Å². The first-order valence-corrected chi connectivity index (χ1v) is 10.6. The molecule has 4 nitrogen and oxygen atoms in total. The molecule has 3 aromatic carbocycles. The third-order valence-corrected chi connectivity index (χ3v) is 5.52. The minimum absolute atomic E-state index is 0.423. The Hall–Kier alpha value is -2.79. The van der Waals surface area contributed by atoms with Crippen molar-refractivity contribution in [1.82, 2.24) is 0 Å². The quantitative estimate of drug-likeness (QED) is 0.418. The zero-order valence-corrected chi connectivity index (χ0v) is 17.3. The maximum atomic E-state index is 6.05. The van der Waals surface area contributed by atoms with Gasteiger partial charge in [0, 0.05) is 17.5 Å². The zero-order valence-electron chi connectivity index (χ0n) is 16.5. The van der Waals surface area contributed by atoms with Crippen LogP contribution < -0.4 is 20.1 Å². The molecule has 0 aromatic heterocycles. The highest BCUT2D eigenvalue weighted by molar-refractivity contribution is 7.80. The molecule has 0 amide bonds. The van der Waals surface area contributed by atoms with Gasteiger partial charge in [0.2, 0.25) is 0 Å². The summed E-state index contributed by atoms with van der Waals surface area (Å²) in [7, 11) is 0. The van der Waals surface area contributed by atoms with Gasteiger partial charge in [-0.15, -0.1) is 0 Å². The van der Waals surface area contributed by atoms with Crippen molar-refractivity contribution in [1.29, 1.82) is 0 Å². The van der Waals surface area contributed by atoms with Crippen LogP contribution in [0.3, 0.4) is 0 Å². The molecule has 150 valence electrons. The minimum Gasteiger partial charge on any atom is -0.493 e. The molecule has 0 saturated carbocycles. The van der Waals surface area contributed by atoms with Crippen molar-refractivity contribution in [2.45, 2.75) is 25.7 Å². The van der Waals surface area contributed by atoms with E-state index in [0.717, 1.165) is 56.0 Å². The Morgan fingerprint density at radius 1 is 0.862 bits per heavy atom. The molecule has 0 bridgehead atoms. The lowest BCUT2D eigenvalue weighted by molar-refractivity contribution is 0.280. The van der Waals surface area contributed by atoms with Gasteiger partial charge in [0.15, 0.2) is 5.11 Å². The lowest BCUT2D eigenvalue weighted by Gasteiger charge is -2.17. The molecule has 3 aromatic rings. The minimum atomic E-state index is 0.423. The average molecular weight is 407 g/mol. The van der Waals surface area contributed by atoms with Gasteiger partial charge in [-0.05, 0) is 61.5 Å². The van der Waals surface area contributed by atoms with E-state index in [9.17, 15) is 0 Å². The number of ether oxygens (including phenoxy) is 2. The second-order valence-corrected chi connectivity index (χ2v) is 7.65. The fraction of sp³-hybridized carbons (Fsp3) is 0.292. The summed E-state index contributed by atoms with van der Waals surface area (Å²) in [6.07, 6.45) is 4.00. The maximum Gasteiger partial charge on any atom is 0.170 e. The van der Waals surface area contributed by atoms with E-state index in [4.69, 9.17) is 27.4 Å². The van der Waals surface area contributed by atoms with Crippen LogP contribution in [0.25, 0.3) is 10.8 Å². The fourth-order valence-corrected chi connectivity index (χ4v) is 4.02. The molecule has 0 radical (unpaired) electrons. The first kappa shape index (κ1) is 19.5. The molecule has 1 heterocycles. The third-order valence-electron chi connectivity index (χ3n) is 5.30. The number of rotatable bonds is 8. The summed E-state index contributed by atoms with van der Waals surface area (Å²) >= 11 is 5.13. The van der Waals surface area contributed by atoms with Crippen LogP contribution >= 0.6 is 12.2 Å². The molecule has 0 fully saturated rings. The van der Waals surface area contributed by atoms with Crippen LogP contribution in [0.2, 0.25) is 0 Å². The Balaban J connectivity index is 1.21. The van der Waals surface area contributed by atoms with Gasteiger partial charge in [0.05, 0.1) is 18.9 Å². The molecule has 0 aliphatic carbocycles. The highest BCUT2D eigenvalue weighted by Crippen LogP contribution is 2.35.